The van der Waals surface area contributed by atoms with E-state index in [2.05, 4.69) is 15.2 Å². The standard InChI is InChI=1S/C16H10Cl2N4O2S/c17-10-3-1-4-11(18)14(10)23-9-22-7-6-12(20-22)16-19-15(21-24-16)13-5-2-8-25-13/h1-8H,9H2. The highest BCUT2D eigenvalue weighted by Crippen LogP contribution is 2.32. The highest BCUT2D eigenvalue weighted by Gasteiger charge is 2.14. The van der Waals surface area contributed by atoms with E-state index in [0.29, 0.717) is 33.2 Å². The molecule has 126 valence electrons. The number of halogens is 2. The maximum absolute atomic E-state index is 6.08. The van der Waals surface area contributed by atoms with E-state index in [0.717, 1.165) is 4.88 Å². The molecule has 0 amide bonds. The summed E-state index contributed by atoms with van der Waals surface area (Å²) in [5.41, 5.74) is 0.559. The molecule has 0 fully saturated rings. The van der Waals surface area contributed by atoms with Gasteiger partial charge in [0.05, 0.1) is 14.9 Å². The van der Waals surface area contributed by atoms with Gasteiger partial charge in [-0.05, 0) is 29.6 Å². The van der Waals surface area contributed by atoms with Crippen molar-refractivity contribution in [2.75, 3.05) is 0 Å². The number of hydrogen-bond donors (Lipinski definition) is 0. The topological polar surface area (TPSA) is 66.0 Å². The minimum atomic E-state index is 0.148. The molecule has 3 heterocycles. The molecule has 0 bridgehead atoms. The molecule has 0 aliphatic heterocycles. The molecule has 1 aromatic carbocycles. The minimum Gasteiger partial charge on any atom is -0.468 e. The van der Waals surface area contributed by atoms with Crippen molar-refractivity contribution in [2.24, 2.45) is 0 Å². The fraction of sp³-hybridized carbons (Fsp3) is 0.0625. The second-order valence-electron chi connectivity index (χ2n) is 4.97. The van der Waals surface area contributed by atoms with E-state index >= 15 is 0 Å². The Bertz CT molecular complexity index is 977. The van der Waals surface area contributed by atoms with Gasteiger partial charge in [-0.3, -0.25) is 0 Å². The second kappa shape index (κ2) is 6.87. The zero-order chi connectivity index (χ0) is 17.2. The molecule has 4 rings (SSSR count). The number of rotatable bonds is 5. The second-order valence-corrected chi connectivity index (χ2v) is 6.73. The van der Waals surface area contributed by atoms with Crippen molar-refractivity contribution >= 4 is 34.5 Å². The van der Waals surface area contributed by atoms with E-state index in [-0.39, 0.29) is 6.73 Å². The SMILES string of the molecule is Clc1cccc(Cl)c1OCn1ccc(-c2nc(-c3cccs3)no2)n1. The van der Waals surface area contributed by atoms with Crippen molar-refractivity contribution in [1.82, 2.24) is 19.9 Å². The van der Waals surface area contributed by atoms with Crippen LogP contribution in [0, 0.1) is 0 Å². The highest BCUT2D eigenvalue weighted by atomic mass is 35.5. The summed E-state index contributed by atoms with van der Waals surface area (Å²) < 4.78 is 12.5. The smallest absolute Gasteiger partial charge is 0.278 e. The van der Waals surface area contributed by atoms with Gasteiger partial charge in [0.15, 0.2) is 18.2 Å². The number of para-hydroxylation sites is 1. The molecule has 0 spiro atoms. The number of nitrogens with zero attached hydrogens (tertiary/aromatic N) is 4. The van der Waals surface area contributed by atoms with Gasteiger partial charge in [-0.1, -0.05) is 40.5 Å². The lowest BCUT2D eigenvalue weighted by atomic mass is 10.3. The zero-order valence-corrected chi connectivity index (χ0v) is 14.9. The monoisotopic (exact) mass is 392 g/mol. The average Bonchev–Trinajstić information content (AvgIpc) is 3.34. The number of benzene rings is 1. The highest BCUT2D eigenvalue weighted by molar-refractivity contribution is 7.13. The molecule has 0 saturated heterocycles. The predicted octanol–water partition coefficient (Wildman–Crippen LogP) is 5.00. The van der Waals surface area contributed by atoms with Gasteiger partial charge in [0.25, 0.3) is 5.89 Å². The Morgan fingerprint density at radius 2 is 1.96 bits per heavy atom. The summed E-state index contributed by atoms with van der Waals surface area (Å²) >= 11 is 13.7. The molecular formula is C16H10Cl2N4O2S. The third-order valence-corrected chi connectivity index (χ3v) is 4.75. The Hall–Kier alpha value is -2.35. The van der Waals surface area contributed by atoms with Gasteiger partial charge in [-0.25, -0.2) is 4.68 Å². The predicted molar refractivity (Wildman–Crippen MR) is 95.9 cm³/mol. The summed E-state index contributed by atoms with van der Waals surface area (Å²) in [6, 6.07) is 10.8. The van der Waals surface area contributed by atoms with E-state index in [4.69, 9.17) is 32.5 Å². The Morgan fingerprint density at radius 1 is 1.12 bits per heavy atom. The molecule has 0 atom stereocenters. The van der Waals surface area contributed by atoms with Crippen LogP contribution in [0.1, 0.15) is 0 Å². The van der Waals surface area contributed by atoms with Gasteiger partial charge < -0.3 is 9.26 Å². The van der Waals surface area contributed by atoms with E-state index in [1.54, 1.807) is 46.5 Å². The van der Waals surface area contributed by atoms with Gasteiger partial charge in [0.1, 0.15) is 0 Å². The van der Waals surface area contributed by atoms with Gasteiger partial charge >= 0.3 is 0 Å². The number of ether oxygens (including phenoxy) is 1. The molecule has 0 unspecified atom stereocenters. The molecule has 3 aromatic heterocycles. The summed E-state index contributed by atoms with van der Waals surface area (Å²) in [5, 5.41) is 11.2. The van der Waals surface area contributed by atoms with E-state index < -0.39 is 0 Å². The van der Waals surface area contributed by atoms with Crippen LogP contribution in [0.15, 0.2) is 52.5 Å². The van der Waals surface area contributed by atoms with Crippen molar-refractivity contribution in [3.8, 4) is 28.0 Å². The maximum Gasteiger partial charge on any atom is 0.278 e. The Labute approximate surface area is 156 Å². The number of thiophene rings is 1. The first-order valence-corrected chi connectivity index (χ1v) is 8.82. The Kier molecular flexibility index (Phi) is 4.44. The first-order chi connectivity index (χ1) is 12.2. The maximum atomic E-state index is 6.08. The fourth-order valence-corrected chi connectivity index (χ4v) is 3.29. The average molecular weight is 393 g/mol. The molecule has 0 aliphatic rings. The largest absolute Gasteiger partial charge is 0.468 e. The van der Waals surface area contributed by atoms with E-state index in [9.17, 15) is 0 Å². The molecule has 9 heteroatoms. The van der Waals surface area contributed by atoms with Crippen LogP contribution >= 0.6 is 34.5 Å². The summed E-state index contributed by atoms with van der Waals surface area (Å²) in [5.74, 6) is 1.30. The van der Waals surface area contributed by atoms with Crippen molar-refractivity contribution in [3.05, 3.63) is 58.0 Å². The summed E-state index contributed by atoms with van der Waals surface area (Å²) in [4.78, 5) is 5.29. The normalized spacial score (nSPS) is 11.0. The molecule has 25 heavy (non-hydrogen) atoms. The van der Waals surface area contributed by atoms with E-state index in [1.165, 1.54) is 0 Å². The van der Waals surface area contributed by atoms with E-state index in [1.807, 2.05) is 17.5 Å². The number of hydrogen-bond acceptors (Lipinski definition) is 6. The fourth-order valence-electron chi connectivity index (χ4n) is 2.13. The lowest BCUT2D eigenvalue weighted by Gasteiger charge is -2.09. The van der Waals surface area contributed by atoms with Crippen LogP contribution in [-0.4, -0.2) is 19.9 Å². The van der Waals surface area contributed by atoms with Gasteiger partial charge in [-0.2, -0.15) is 10.1 Å². The summed E-state index contributed by atoms with van der Waals surface area (Å²) in [6.45, 7) is 0.148. The van der Waals surface area contributed by atoms with Crippen LogP contribution in [0.4, 0.5) is 0 Å². The van der Waals surface area contributed by atoms with Crippen molar-refractivity contribution < 1.29 is 9.26 Å². The van der Waals surface area contributed by atoms with Crippen LogP contribution < -0.4 is 4.74 Å². The Balaban J connectivity index is 1.49. The van der Waals surface area contributed by atoms with Gasteiger partial charge in [-0.15, -0.1) is 11.3 Å². The minimum absolute atomic E-state index is 0.148. The quantitative estimate of drug-likeness (QED) is 0.477. The molecule has 6 nitrogen and oxygen atoms in total. The molecule has 0 radical (unpaired) electrons. The van der Waals surface area contributed by atoms with Crippen molar-refractivity contribution in [3.63, 3.8) is 0 Å². The third-order valence-electron chi connectivity index (χ3n) is 3.29. The zero-order valence-electron chi connectivity index (χ0n) is 12.6. The van der Waals surface area contributed by atoms with Crippen LogP contribution in [0.3, 0.4) is 0 Å². The van der Waals surface area contributed by atoms with Crippen LogP contribution in [0.2, 0.25) is 10.0 Å². The van der Waals surface area contributed by atoms with Crippen LogP contribution in [-0.2, 0) is 6.73 Å². The molecular weight excluding hydrogens is 383 g/mol. The lowest BCUT2D eigenvalue weighted by Crippen LogP contribution is -2.06. The summed E-state index contributed by atoms with van der Waals surface area (Å²) in [6.07, 6.45) is 1.75. The van der Waals surface area contributed by atoms with Gasteiger partial charge in [0.2, 0.25) is 5.82 Å². The number of aromatic nitrogens is 4. The molecule has 0 N–H and O–H groups in total. The molecule has 0 aliphatic carbocycles. The van der Waals surface area contributed by atoms with Crippen molar-refractivity contribution in [2.45, 2.75) is 6.73 Å². The lowest BCUT2D eigenvalue weighted by molar-refractivity contribution is 0.221. The first kappa shape index (κ1) is 16.1. The summed E-state index contributed by atoms with van der Waals surface area (Å²) in [7, 11) is 0. The van der Waals surface area contributed by atoms with Crippen LogP contribution in [0.25, 0.3) is 22.3 Å². The molecule has 4 aromatic rings. The first-order valence-electron chi connectivity index (χ1n) is 7.19. The Morgan fingerprint density at radius 3 is 2.72 bits per heavy atom. The molecule has 0 saturated carbocycles. The van der Waals surface area contributed by atoms with Crippen LogP contribution in [0.5, 0.6) is 5.75 Å². The van der Waals surface area contributed by atoms with Crippen molar-refractivity contribution in [1.29, 1.82) is 0 Å². The third kappa shape index (κ3) is 3.39. The van der Waals surface area contributed by atoms with Gasteiger partial charge in [0, 0.05) is 6.20 Å².